The van der Waals surface area contributed by atoms with Crippen molar-refractivity contribution in [2.75, 3.05) is 25.5 Å². The SMILES string of the molecule is CCc1cccc(C)c1NC(=O)C(=O)N(C)CCO. The number of hydrogen-bond donors (Lipinski definition) is 2. The van der Waals surface area contributed by atoms with Gasteiger partial charge in [0.1, 0.15) is 0 Å². The van der Waals surface area contributed by atoms with Gasteiger partial charge in [0.2, 0.25) is 0 Å². The molecule has 0 spiro atoms. The molecule has 0 unspecified atom stereocenters. The smallest absolute Gasteiger partial charge is 0.313 e. The summed E-state index contributed by atoms with van der Waals surface area (Å²) in [6.07, 6.45) is 0.776. The highest BCUT2D eigenvalue weighted by molar-refractivity contribution is 6.39. The Kier molecular flexibility index (Phi) is 5.51. The van der Waals surface area contributed by atoms with E-state index in [2.05, 4.69) is 5.32 Å². The second-order valence-electron chi connectivity index (χ2n) is 4.37. The lowest BCUT2D eigenvalue weighted by molar-refractivity contribution is -0.142. The second-order valence-corrected chi connectivity index (χ2v) is 4.37. The van der Waals surface area contributed by atoms with Crippen LogP contribution < -0.4 is 5.32 Å². The highest BCUT2D eigenvalue weighted by Crippen LogP contribution is 2.20. The zero-order chi connectivity index (χ0) is 14.4. The number of carbonyl (C=O) groups is 2. The second kappa shape index (κ2) is 6.89. The lowest BCUT2D eigenvalue weighted by atomic mass is 10.1. The van der Waals surface area contributed by atoms with Gasteiger partial charge in [0, 0.05) is 19.3 Å². The Balaban J connectivity index is 2.85. The van der Waals surface area contributed by atoms with Crippen LogP contribution in [0.5, 0.6) is 0 Å². The highest BCUT2D eigenvalue weighted by Gasteiger charge is 2.19. The van der Waals surface area contributed by atoms with Gasteiger partial charge < -0.3 is 15.3 Å². The van der Waals surface area contributed by atoms with Gasteiger partial charge in [-0.05, 0) is 24.5 Å². The van der Waals surface area contributed by atoms with Crippen LogP contribution in [0.15, 0.2) is 18.2 Å². The molecule has 0 fully saturated rings. The van der Waals surface area contributed by atoms with Crippen molar-refractivity contribution >= 4 is 17.5 Å². The van der Waals surface area contributed by atoms with Crippen LogP contribution >= 0.6 is 0 Å². The Morgan fingerprint density at radius 1 is 1.37 bits per heavy atom. The van der Waals surface area contributed by atoms with Crippen molar-refractivity contribution in [3.05, 3.63) is 29.3 Å². The average molecular weight is 264 g/mol. The summed E-state index contributed by atoms with van der Waals surface area (Å²) in [6, 6.07) is 5.73. The van der Waals surface area contributed by atoms with Crippen LogP contribution in [0.2, 0.25) is 0 Å². The first-order valence-electron chi connectivity index (χ1n) is 6.27. The van der Waals surface area contributed by atoms with Gasteiger partial charge >= 0.3 is 11.8 Å². The van der Waals surface area contributed by atoms with Crippen molar-refractivity contribution in [3.8, 4) is 0 Å². The van der Waals surface area contributed by atoms with Crippen molar-refractivity contribution in [3.63, 3.8) is 0 Å². The minimum Gasteiger partial charge on any atom is -0.395 e. The Morgan fingerprint density at radius 3 is 2.63 bits per heavy atom. The van der Waals surface area contributed by atoms with Crippen LogP contribution in [0.1, 0.15) is 18.1 Å². The van der Waals surface area contributed by atoms with Gasteiger partial charge in [-0.25, -0.2) is 0 Å². The number of likely N-dealkylation sites (N-methyl/N-ethyl adjacent to an activating group) is 1. The molecule has 104 valence electrons. The average Bonchev–Trinajstić information content (AvgIpc) is 2.40. The molecule has 1 rings (SSSR count). The Hall–Kier alpha value is -1.88. The highest BCUT2D eigenvalue weighted by atomic mass is 16.3. The van der Waals surface area contributed by atoms with E-state index in [1.165, 1.54) is 11.9 Å². The monoisotopic (exact) mass is 264 g/mol. The largest absolute Gasteiger partial charge is 0.395 e. The lowest BCUT2D eigenvalue weighted by Gasteiger charge is -2.17. The van der Waals surface area contributed by atoms with Gasteiger partial charge in [-0.15, -0.1) is 0 Å². The summed E-state index contributed by atoms with van der Waals surface area (Å²) in [5, 5.41) is 11.4. The molecular weight excluding hydrogens is 244 g/mol. The number of benzene rings is 1. The van der Waals surface area contributed by atoms with Gasteiger partial charge in [-0.2, -0.15) is 0 Å². The van der Waals surface area contributed by atoms with E-state index in [1.807, 2.05) is 32.0 Å². The minimum atomic E-state index is -0.681. The van der Waals surface area contributed by atoms with Crippen molar-refractivity contribution < 1.29 is 14.7 Å². The lowest BCUT2D eigenvalue weighted by Crippen LogP contribution is -2.38. The molecule has 0 radical (unpaired) electrons. The van der Waals surface area contributed by atoms with E-state index >= 15 is 0 Å². The Labute approximate surface area is 113 Å². The Morgan fingerprint density at radius 2 is 2.05 bits per heavy atom. The van der Waals surface area contributed by atoms with Gasteiger partial charge in [0.25, 0.3) is 0 Å². The predicted molar refractivity (Wildman–Crippen MR) is 73.9 cm³/mol. The van der Waals surface area contributed by atoms with E-state index in [0.29, 0.717) is 5.69 Å². The number of nitrogens with one attached hydrogen (secondary N) is 1. The third-order valence-corrected chi connectivity index (χ3v) is 2.95. The van der Waals surface area contributed by atoms with Crippen molar-refractivity contribution in [2.45, 2.75) is 20.3 Å². The summed E-state index contributed by atoms with van der Waals surface area (Å²) in [6.45, 7) is 3.85. The van der Waals surface area contributed by atoms with Crippen LogP contribution in [0.3, 0.4) is 0 Å². The van der Waals surface area contributed by atoms with Gasteiger partial charge in [0.05, 0.1) is 6.61 Å². The molecule has 1 aromatic carbocycles. The zero-order valence-corrected chi connectivity index (χ0v) is 11.6. The molecule has 19 heavy (non-hydrogen) atoms. The van der Waals surface area contributed by atoms with Crippen LogP contribution in [0.25, 0.3) is 0 Å². The number of anilines is 1. The third kappa shape index (κ3) is 3.79. The zero-order valence-electron chi connectivity index (χ0n) is 11.6. The van der Waals surface area contributed by atoms with Crippen LogP contribution in [-0.4, -0.2) is 42.0 Å². The van der Waals surface area contributed by atoms with Crippen molar-refractivity contribution in [1.29, 1.82) is 0 Å². The maximum Gasteiger partial charge on any atom is 0.313 e. The molecule has 0 aliphatic carbocycles. The maximum absolute atomic E-state index is 11.9. The third-order valence-electron chi connectivity index (χ3n) is 2.95. The van der Waals surface area contributed by atoms with Gasteiger partial charge in [0.15, 0.2) is 0 Å². The summed E-state index contributed by atoms with van der Waals surface area (Å²) < 4.78 is 0. The molecule has 1 aromatic rings. The molecule has 0 aliphatic rings. The predicted octanol–water partition coefficient (Wildman–Crippen LogP) is 0.947. The topological polar surface area (TPSA) is 69.6 Å². The molecule has 5 nitrogen and oxygen atoms in total. The quantitative estimate of drug-likeness (QED) is 0.795. The molecule has 0 saturated heterocycles. The van der Waals surface area contributed by atoms with Crippen LogP contribution in [-0.2, 0) is 16.0 Å². The first-order chi connectivity index (χ1) is 9.01. The molecule has 0 atom stereocenters. The van der Waals surface area contributed by atoms with Crippen LogP contribution in [0, 0.1) is 6.92 Å². The van der Waals surface area contributed by atoms with E-state index < -0.39 is 11.8 Å². The number of carbonyl (C=O) groups excluding carboxylic acids is 2. The number of para-hydroxylation sites is 1. The summed E-state index contributed by atoms with van der Waals surface area (Å²) >= 11 is 0. The Bertz CT molecular complexity index is 472. The van der Waals surface area contributed by atoms with Gasteiger partial charge in [-0.3, -0.25) is 9.59 Å². The number of nitrogens with zero attached hydrogens (tertiary/aromatic N) is 1. The number of aliphatic hydroxyl groups is 1. The number of aliphatic hydroxyl groups excluding tert-OH is 1. The molecule has 0 heterocycles. The summed E-state index contributed by atoms with van der Waals surface area (Å²) in [5.74, 6) is -1.33. The van der Waals surface area contributed by atoms with E-state index in [9.17, 15) is 9.59 Å². The fraction of sp³-hybridized carbons (Fsp3) is 0.429. The fourth-order valence-corrected chi connectivity index (χ4v) is 1.79. The summed E-state index contributed by atoms with van der Waals surface area (Å²) in [7, 11) is 1.48. The summed E-state index contributed by atoms with van der Waals surface area (Å²) in [5.41, 5.74) is 2.61. The molecule has 0 aliphatic heterocycles. The minimum absolute atomic E-state index is 0.140. The van der Waals surface area contributed by atoms with Crippen LogP contribution in [0.4, 0.5) is 5.69 Å². The number of hydrogen-bond acceptors (Lipinski definition) is 3. The van der Waals surface area contributed by atoms with E-state index in [-0.39, 0.29) is 13.2 Å². The maximum atomic E-state index is 11.9. The standard InChI is InChI=1S/C14H20N2O3/c1-4-11-7-5-6-10(2)12(11)15-13(18)14(19)16(3)8-9-17/h5-7,17H,4,8-9H2,1-3H3,(H,15,18). The van der Waals surface area contributed by atoms with Crippen molar-refractivity contribution in [1.82, 2.24) is 4.90 Å². The van der Waals surface area contributed by atoms with Gasteiger partial charge in [-0.1, -0.05) is 25.1 Å². The number of rotatable bonds is 4. The number of amides is 2. The first kappa shape index (κ1) is 15.2. The number of aryl methyl sites for hydroxylation is 2. The normalized spacial score (nSPS) is 10.1. The molecule has 5 heteroatoms. The molecule has 0 saturated carbocycles. The molecule has 0 aromatic heterocycles. The molecule has 2 N–H and O–H groups in total. The fourth-order valence-electron chi connectivity index (χ4n) is 1.79. The van der Waals surface area contributed by atoms with E-state index in [4.69, 9.17) is 5.11 Å². The molecule has 0 bridgehead atoms. The molecule has 2 amide bonds. The van der Waals surface area contributed by atoms with E-state index in [0.717, 1.165) is 17.5 Å². The first-order valence-corrected chi connectivity index (χ1v) is 6.27. The van der Waals surface area contributed by atoms with E-state index in [1.54, 1.807) is 0 Å². The van der Waals surface area contributed by atoms with Crippen molar-refractivity contribution in [2.24, 2.45) is 0 Å². The summed E-state index contributed by atoms with van der Waals surface area (Å²) in [4.78, 5) is 24.8. The molecular formula is C14H20N2O3.